The third-order valence-corrected chi connectivity index (χ3v) is 10.3. The van der Waals surface area contributed by atoms with Gasteiger partial charge in [0.25, 0.3) is 0 Å². The molecule has 3 aliphatic rings. The lowest BCUT2D eigenvalue weighted by atomic mass is 9.94. The molecule has 49 heavy (non-hydrogen) atoms. The number of hydrogen-bond donors (Lipinski definition) is 0. The Morgan fingerprint density at radius 3 is 2.71 bits per heavy atom. The fourth-order valence-electron chi connectivity index (χ4n) is 7.34. The largest absolute Gasteiger partial charge is 0.373 e. The molecule has 2 aliphatic heterocycles. The molecule has 4 bridgehead atoms. The van der Waals surface area contributed by atoms with Gasteiger partial charge in [-0.3, -0.25) is 23.7 Å². The summed E-state index contributed by atoms with van der Waals surface area (Å²) in [7, 11) is 0. The number of benzene rings is 1. The van der Waals surface area contributed by atoms with E-state index in [2.05, 4.69) is 36.0 Å². The second-order valence-corrected chi connectivity index (χ2v) is 14.0. The highest BCUT2D eigenvalue weighted by Gasteiger charge is 2.67. The van der Waals surface area contributed by atoms with Gasteiger partial charge in [0.05, 0.1) is 42.6 Å². The molecule has 1 saturated heterocycles. The van der Waals surface area contributed by atoms with Crippen molar-refractivity contribution < 1.29 is 19.1 Å². The van der Waals surface area contributed by atoms with Gasteiger partial charge in [-0.1, -0.05) is 18.2 Å². The molecule has 1 amide bonds. The molecule has 0 unspecified atom stereocenters. The third-order valence-electron chi connectivity index (χ3n) is 9.84. The van der Waals surface area contributed by atoms with Crippen molar-refractivity contribution in [1.82, 2.24) is 39.4 Å². The molecule has 3 atom stereocenters. The molecular formula is C36H33BrN8O4. The number of ether oxygens (including phenoxy) is 1. The first-order chi connectivity index (χ1) is 23.7. The van der Waals surface area contributed by atoms with Crippen molar-refractivity contribution in [2.45, 2.75) is 64.9 Å². The number of amides is 1. The summed E-state index contributed by atoms with van der Waals surface area (Å²) in [4.78, 5) is 56.3. The monoisotopic (exact) mass is 720 g/mol. The molecule has 8 rings (SSSR count). The molecule has 5 aromatic rings. The van der Waals surface area contributed by atoms with E-state index >= 15 is 0 Å². The van der Waals surface area contributed by atoms with Crippen LogP contribution in [0.3, 0.4) is 0 Å². The maximum Gasteiger partial charge on any atom is 0.245 e. The molecule has 1 spiro atoms. The molecule has 4 aromatic heterocycles. The van der Waals surface area contributed by atoms with Gasteiger partial charge < -0.3 is 9.64 Å². The number of nitrogens with zero attached hydrogens (tertiary/aromatic N) is 8. The fourth-order valence-corrected chi connectivity index (χ4v) is 7.68. The van der Waals surface area contributed by atoms with Gasteiger partial charge in [-0.05, 0) is 77.2 Å². The van der Waals surface area contributed by atoms with Crippen molar-refractivity contribution >= 4 is 50.4 Å². The van der Waals surface area contributed by atoms with Gasteiger partial charge in [-0.2, -0.15) is 10.2 Å². The number of Topliss-reactive ketones (excluding diaryl/α,β-unsaturated/α-hetero) is 2. The van der Waals surface area contributed by atoms with Gasteiger partial charge in [0.2, 0.25) is 5.91 Å². The number of carbonyl (C=O) groups excluding carboxylic acids is 3. The van der Waals surface area contributed by atoms with Gasteiger partial charge in [-0.15, -0.1) is 0 Å². The number of likely N-dealkylation sites (tertiary alicyclic amines) is 1. The molecule has 0 radical (unpaired) electrons. The summed E-state index contributed by atoms with van der Waals surface area (Å²) < 4.78 is 10.0. The summed E-state index contributed by atoms with van der Waals surface area (Å²) in [5.74, 6) is 0.172. The maximum atomic E-state index is 14.4. The summed E-state index contributed by atoms with van der Waals surface area (Å²) in [6.07, 6.45) is 10.7. The zero-order valence-corrected chi connectivity index (χ0v) is 28.6. The second-order valence-electron chi connectivity index (χ2n) is 13.2. The van der Waals surface area contributed by atoms with Crippen molar-refractivity contribution in [2.24, 2.45) is 5.41 Å². The number of hydrogen-bond acceptors (Lipinski definition) is 9. The van der Waals surface area contributed by atoms with Crippen molar-refractivity contribution in [3.05, 3.63) is 94.1 Å². The van der Waals surface area contributed by atoms with E-state index in [0.29, 0.717) is 53.2 Å². The number of halogens is 1. The first-order valence-electron chi connectivity index (χ1n) is 16.2. The summed E-state index contributed by atoms with van der Waals surface area (Å²) in [6.45, 7) is 4.46. The smallest absolute Gasteiger partial charge is 0.245 e. The Hall–Kier alpha value is -4.88. The van der Waals surface area contributed by atoms with Crippen LogP contribution in [0, 0.1) is 12.3 Å². The number of aryl methyl sites for hydroxylation is 1. The highest BCUT2D eigenvalue weighted by Crippen LogP contribution is 2.60. The van der Waals surface area contributed by atoms with Crippen molar-refractivity contribution in [3.8, 4) is 11.1 Å². The molecule has 12 nitrogen and oxygen atoms in total. The lowest BCUT2D eigenvalue weighted by Gasteiger charge is -2.27. The standard InChI is InChI=1S/C36H33BrN8O4/c1-21(46)35-27-12-23(25-16-38-22(2)39-17-25)5-7-29(27)44(42-35)18-34(48)45-30-14-36(15-32(36)45)20-43-10-9-26(41-43)4-3-11-49-19-24-6-8-33(37)40-28(24)13-31(30)47/h3-10,12,16-17,30,32H,11,13-15,18-20H2,1-2H3/b4-3-/t30-,32+,36-/m0/s1. The molecule has 6 heterocycles. The molecule has 248 valence electrons. The maximum absolute atomic E-state index is 14.4. The van der Waals surface area contributed by atoms with E-state index in [1.165, 1.54) is 6.92 Å². The fraction of sp³-hybridized carbons (Fsp3) is 0.333. The Bertz CT molecular complexity index is 2170. The first kappa shape index (κ1) is 31.4. The Labute approximate surface area is 290 Å². The lowest BCUT2D eigenvalue weighted by molar-refractivity contribution is -0.139. The van der Waals surface area contributed by atoms with Crippen LogP contribution in [0.5, 0.6) is 0 Å². The normalized spacial score (nSPS) is 22.5. The molecule has 0 N–H and O–H groups in total. The van der Waals surface area contributed by atoms with E-state index in [1.54, 1.807) is 22.0 Å². The minimum Gasteiger partial charge on any atom is -0.373 e. The van der Waals surface area contributed by atoms with Gasteiger partial charge >= 0.3 is 0 Å². The second kappa shape index (κ2) is 12.2. The summed E-state index contributed by atoms with van der Waals surface area (Å²) in [5, 5.41) is 10.0. The number of piperidine rings is 1. The van der Waals surface area contributed by atoms with Crippen molar-refractivity contribution in [2.75, 3.05) is 6.61 Å². The van der Waals surface area contributed by atoms with E-state index in [1.807, 2.05) is 66.4 Å². The zero-order chi connectivity index (χ0) is 33.9. The minimum atomic E-state index is -0.633. The van der Waals surface area contributed by atoms with Crippen LogP contribution in [0.15, 0.2) is 65.7 Å². The number of ketones is 2. The van der Waals surface area contributed by atoms with Crippen LogP contribution in [-0.2, 0) is 40.4 Å². The minimum absolute atomic E-state index is 0.0698. The quantitative estimate of drug-likeness (QED) is 0.190. The topological polar surface area (TPSA) is 138 Å². The molecule has 1 saturated carbocycles. The Balaban J connectivity index is 1.13. The highest BCUT2D eigenvalue weighted by atomic mass is 79.9. The summed E-state index contributed by atoms with van der Waals surface area (Å²) >= 11 is 3.46. The van der Waals surface area contributed by atoms with E-state index in [4.69, 9.17) is 9.84 Å². The van der Waals surface area contributed by atoms with E-state index in [-0.39, 0.29) is 47.6 Å². The van der Waals surface area contributed by atoms with E-state index in [0.717, 1.165) is 28.8 Å². The molecule has 1 aromatic carbocycles. The van der Waals surface area contributed by atoms with Crippen LogP contribution in [0.25, 0.3) is 28.1 Å². The van der Waals surface area contributed by atoms with Crippen molar-refractivity contribution in [1.29, 1.82) is 0 Å². The van der Waals surface area contributed by atoms with E-state index in [9.17, 15) is 14.4 Å². The average molecular weight is 722 g/mol. The first-order valence-corrected chi connectivity index (χ1v) is 17.0. The average Bonchev–Trinajstić information content (AvgIpc) is 3.34. The van der Waals surface area contributed by atoms with Gasteiger partial charge in [0, 0.05) is 54.5 Å². The Morgan fingerprint density at radius 2 is 1.90 bits per heavy atom. The Kier molecular flexibility index (Phi) is 7.83. The van der Waals surface area contributed by atoms with Gasteiger partial charge in [0.1, 0.15) is 22.7 Å². The molecular weight excluding hydrogens is 688 g/mol. The Morgan fingerprint density at radius 1 is 1.06 bits per heavy atom. The van der Waals surface area contributed by atoms with Crippen molar-refractivity contribution in [3.63, 3.8) is 0 Å². The van der Waals surface area contributed by atoms with Crippen LogP contribution in [-0.4, -0.2) is 75.6 Å². The SMILES string of the molecule is CC(=O)c1nn(CC(=O)N2[C@H]3C[C@]4(C[C@@H]24)Cn2ccc(n2)/C=C\COCc2ccc(Br)nc2CC3=O)c2ccc(-c3cnc(C)nc3)cc12. The van der Waals surface area contributed by atoms with Crippen LogP contribution < -0.4 is 0 Å². The van der Waals surface area contributed by atoms with E-state index < -0.39 is 6.04 Å². The third kappa shape index (κ3) is 5.90. The number of fused-ring (bicyclic) bond motifs is 5. The van der Waals surface area contributed by atoms with Gasteiger partial charge in [0.15, 0.2) is 11.6 Å². The number of pyridine rings is 1. The number of aromatic nitrogens is 7. The lowest BCUT2D eigenvalue weighted by Crippen LogP contribution is -2.45. The van der Waals surface area contributed by atoms with Crippen LogP contribution in [0.4, 0.5) is 0 Å². The van der Waals surface area contributed by atoms with Crippen LogP contribution in [0.2, 0.25) is 0 Å². The highest BCUT2D eigenvalue weighted by molar-refractivity contribution is 9.10. The number of rotatable bonds is 4. The number of carbonyl (C=O) groups is 3. The molecule has 2 fully saturated rings. The van der Waals surface area contributed by atoms with Gasteiger partial charge in [-0.25, -0.2) is 15.0 Å². The van der Waals surface area contributed by atoms with Crippen LogP contribution in [0.1, 0.15) is 53.0 Å². The zero-order valence-electron chi connectivity index (χ0n) is 27.0. The predicted molar refractivity (Wildman–Crippen MR) is 183 cm³/mol. The summed E-state index contributed by atoms with van der Waals surface area (Å²) in [6, 6.07) is 10.6. The predicted octanol–water partition coefficient (Wildman–Crippen LogP) is 4.77. The van der Waals surface area contributed by atoms with Crippen LogP contribution >= 0.6 is 15.9 Å². The molecule has 1 aliphatic carbocycles. The molecule has 13 heteroatoms. The summed E-state index contributed by atoms with van der Waals surface area (Å²) in [5.41, 5.74) is 4.60.